The van der Waals surface area contributed by atoms with E-state index in [-0.39, 0.29) is 24.4 Å². The molecule has 0 spiro atoms. The summed E-state index contributed by atoms with van der Waals surface area (Å²) < 4.78 is 7.94. The van der Waals surface area contributed by atoms with Gasteiger partial charge in [0, 0.05) is 39.1 Å². The van der Waals surface area contributed by atoms with Crippen molar-refractivity contribution in [3.63, 3.8) is 0 Å². The molecule has 7 heteroatoms. The maximum Gasteiger partial charge on any atom is 0.264 e. The van der Waals surface area contributed by atoms with Gasteiger partial charge in [0.25, 0.3) is 5.91 Å². The average Bonchev–Trinajstić information content (AvgIpc) is 3.20. The van der Waals surface area contributed by atoms with Crippen LogP contribution in [0.1, 0.15) is 18.8 Å². The maximum atomic E-state index is 13.1. The van der Waals surface area contributed by atoms with Crippen LogP contribution in [0, 0.1) is 0 Å². The normalized spacial score (nSPS) is 17.1. The van der Waals surface area contributed by atoms with Gasteiger partial charge < -0.3 is 19.5 Å². The zero-order valence-corrected chi connectivity index (χ0v) is 18.0. The highest BCUT2D eigenvalue weighted by Crippen LogP contribution is 2.25. The standard InChI is InChI=1S/C23H26N4O2.ClH/c1-17(29-20-10-8-19(9-11-20)18-6-4-3-5-7-18)23(28)27-15-12-24-16-21(27)22-25-13-14-26(22)2;/h3-11,13-14,17,21,24H,12,15-16H2,1-2H3;1H. The number of rotatable bonds is 5. The van der Waals surface area contributed by atoms with Crippen LogP contribution in [0.25, 0.3) is 11.1 Å². The quantitative estimate of drug-likeness (QED) is 0.678. The van der Waals surface area contributed by atoms with Gasteiger partial charge in [0.1, 0.15) is 17.6 Å². The van der Waals surface area contributed by atoms with E-state index < -0.39 is 6.10 Å². The van der Waals surface area contributed by atoms with Crippen LogP contribution in [0.2, 0.25) is 0 Å². The third-order valence-electron chi connectivity index (χ3n) is 5.31. The number of aromatic nitrogens is 2. The van der Waals surface area contributed by atoms with Crippen LogP contribution in [0.4, 0.5) is 0 Å². The van der Waals surface area contributed by atoms with Crippen molar-refractivity contribution in [2.24, 2.45) is 7.05 Å². The smallest absolute Gasteiger partial charge is 0.264 e. The van der Waals surface area contributed by atoms with Gasteiger partial charge in [0.05, 0.1) is 0 Å². The molecule has 2 unspecified atom stereocenters. The lowest BCUT2D eigenvalue weighted by Crippen LogP contribution is -2.52. The fraction of sp³-hybridized carbons (Fsp3) is 0.304. The molecule has 158 valence electrons. The molecule has 0 aliphatic carbocycles. The molecular formula is C23H27ClN4O2. The molecule has 0 bridgehead atoms. The molecular weight excluding hydrogens is 400 g/mol. The van der Waals surface area contributed by atoms with Crippen molar-refractivity contribution in [1.29, 1.82) is 0 Å². The largest absolute Gasteiger partial charge is 0.481 e. The number of nitrogens with one attached hydrogen (secondary N) is 1. The van der Waals surface area contributed by atoms with E-state index in [1.54, 1.807) is 6.20 Å². The van der Waals surface area contributed by atoms with Gasteiger partial charge in [-0.15, -0.1) is 12.4 Å². The summed E-state index contributed by atoms with van der Waals surface area (Å²) in [6.07, 6.45) is 3.10. The van der Waals surface area contributed by atoms with Crippen LogP contribution in [0.15, 0.2) is 67.0 Å². The number of hydrogen-bond donors (Lipinski definition) is 1. The van der Waals surface area contributed by atoms with Crippen molar-refractivity contribution < 1.29 is 9.53 Å². The first-order valence-electron chi connectivity index (χ1n) is 9.94. The fourth-order valence-corrected chi connectivity index (χ4v) is 3.74. The Hall–Kier alpha value is -2.83. The molecule has 1 aliphatic rings. The minimum absolute atomic E-state index is 0. The van der Waals surface area contributed by atoms with Crippen molar-refractivity contribution in [2.45, 2.75) is 19.1 Å². The number of piperazine rings is 1. The van der Waals surface area contributed by atoms with E-state index in [0.29, 0.717) is 18.8 Å². The minimum Gasteiger partial charge on any atom is -0.481 e. The fourth-order valence-electron chi connectivity index (χ4n) is 3.74. The topological polar surface area (TPSA) is 59.4 Å². The molecule has 2 atom stereocenters. The Labute approximate surface area is 183 Å². The van der Waals surface area contributed by atoms with Crippen LogP contribution in [0.5, 0.6) is 5.75 Å². The lowest BCUT2D eigenvalue weighted by atomic mass is 10.1. The summed E-state index contributed by atoms with van der Waals surface area (Å²) >= 11 is 0. The third-order valence-corrected chi connectivity index (χ3v) is 5.31. The van der Waals surface area contributed by atoms with Crippen molar-refractivity contribution in [3.05, 3.63) is 72.8 Å². The SMILES string of the molecule is CC(Oc1ccc(-c2ccccc2)cc1)C(=O)N1CCNCC1c1nccn1C.Cl. The Morgan fingerprint density at radius 3 is 2.50 bits per heavy atom. The number of nitrogens with zero attached hydrogens (tertiary/aromatic N) is 3. The number of benzene rings is 2. The number of hydrogen-bond acceptors (Lipinski definition) is 4. The maximum absolute atomic E-state index is 13.1. The highest BCUT2D eigenvalue weighted by molar-refractivity contribution is 5.85. The summed E-state index contributed by atoms with van der Waals surface area (Å²) in [5, 5.41) is 3.36. The first-order chi connectivity index (χ1) is 14.1. The first kappa shape index (κ1) is 21.9. The van der Waals surface area contributed by atoms with E-state index in [2.05, 4.69) is 22.4 Å². The summed E-state index contributed by atoms with van der Waals surface area (Å²) in [6.45, 7) is 3.90. The lowest BCUT2D eigenvalue weighted by Gasteiger charge is -2.37. The Morgan fingerprint density at radius 2 is 1.83 bits per heavy atom. The molecule has 6 nitrogen and oxygen atoms in total. The summed E-state index contributed by atoms with van der Waals surface area (Å²) in [5.41, 5.74) is 2.27. The van der Waals surface area contributed by atoms with Crippen molar-refractivity contribution in [3.8, 4) is 16.9 Å². The summed E-state index contributed by atoms with van der Waals surface area (Å²) in [5.74, 6) is 1.55. The van der Waals surface area contributed by atoms with Gasteiger partial charge in [-0.2, -0.15) is 0 Å². The zero-order chi connectivity index (χ0) is 20.2. The van der Waals surface area contributed by atoms with E-state index in [1.807, 2.05) is 72.1 Å². The van der Waals surface area contributed by atoms with Crippen LogP contribution < -0.4 is 10.1 Å². The molecule has 1 fully saturated rings. The summed E-state index contributed by atoms with van der Waals surface area (Å²) in [4.78, 5) is 19.5. The number of amides is 1. The van der Waals surface area contributed by atoms with Crippen LogP contribution in [-0.2, 0) is 11.8 Å². The molecule has 0 radical (unpaired) electrons. The molecule has 1 amide bonds. The van der Waals surface area contributed by atoms with Gasteiger partial charge in [0.2, 0.25) is 0 Å². The van der Waals surface area contributed by atoms with Gasteiger partial charge in [-0.1, -0.05) is 42.5 Å². The molecule has 1 saturated heterocycles. The van der Waals surface area contributed by atoms with Gasteiger partial charge in [-0.3, -0.25) is 4.79 Å². The Balaban J connectivity index is 0.00000256. The second kappa shape index (κ2) is 9.78. The summed E-state index contributed by atoms with van der Waals surface area (Å²) in [7, 11) is 1.95. The van der Waals surface area contributed by atoms with Gasteiger partial charge in [0.15, 0.2) is 6.10 Å². The molecule has 1 aromatic heterocycles. The van der Waals surface area contributed by atoms with E-state index >= 15 is 0 Å². The predicted molar refractivity (Wildman–Crippen MR) is 120 cm³/mol. The Bertz CT molecular complexity index is 959. The van der Waals surface area contributed by atoms with Crippen molar-refractivity contribution in [1.82, 2.24) is 19.8 Å². The molecule has 1 N–H and O–H groups in total. The van der Waals surface area contributed by atoms with Crippen LogP contribution >= 0.6 is 12.4 Å². The minimum atomic E-state index is -0.571. The molecule has 1 aliphatic heterocycles. The zero-order valence-electron chi connectivity index (χ0n) is 17.2. The van der Waals surface area contributed by atoms with Crippen LogP contribution in [0.3, 0.4) is 0 Å². The number of aryl methyl sites for hydroxylation is 1. The Kier molecular flexibility index (Phi) is 7.13. The van der Waals surface area contributed by atoms with E-state index in [9.17, 15) is 4.79 Å². The number of halogens is 1. The average molecular weight is 427 g/mol. The second-order valence-corrected chi connectivity index (χ2v) is 7.30. The molecule has 0 saturated carbocycles. The highest BCUT2D eigenvalue weighted by Gasteiger charge is 2.33. The van der Waals surface area contributed by atoms with E-state index in [4.69, 9.17) is 4.74 Å². The second-order valence-electron chi connectivity index (χ2n) is 7.30. The highest BCUT2D eigenvalue weighted by atomic mass is 35.5. The predicted octanol–water partition coefficient (Wildman–Crippen LogP) is 3.45. The molecule has 4 rings (SSSR count). The number of imidazole rings is 1. The molecule has 2 aromatic carbocycles. The summed E-state index contributed by atoms with van der Waals surface area (Å²) in [6, 6.07) is 18.0. The van der Waals surface area contributed by atoms with E-state index in [0.717, 1.165) is 23.5 Å². The monoisotopic (exact) mass is 426 g/mol. The van der Waals surface area contributed by atoms with Crippen molar-refractivity contribution in [2.75, 3.05) is 19.6 Å². The molecule has 2 heterocycles. The first-order valence-corrected chi connectivity index (χ1v) is 9.94. The van der Waals surface area contributed by atoms with Crippen LogP contribution in [-0.4, -0.2) is 46.1 Å². The number of carbonyl (C=O) groups is 1. The Morgan fingerprint density at radius 1 is 1.13 bits per heavy atom. The lowest BCUT2D eigenvalue weighted by molar-refractivity contribution is -0.141. The number of ether oxygens (including phenoxy) is 1. The third kappa shape index (κ3) is 4.66. The van der Waals surface area contributed by atoms with Gasteiger partial charge in [-0.25, -0.2) is 4.98 Å². The molecule has 3 aromatic rings. The van der Waals surface area contributed by atoms with E-state index in [1.165, 1.54) is 0 Å². The van der Waals surface area contributed by atoms with Gasteiger partial charge >= 0.3 is 0 Å². The van der Waals surface area contributed by atoms with Gasteiger partial charge in [-0.05, 0) is 30.2 Å². The molecule has 30 heavy (non-hydrogen) atoms. The number of carbonyl (C=O) groups excluding carboxylic acids is 1. The van der Waals surface area contributed by atoms with Crippen molar-refractivity contribution >= 4 is 18.3 Å².